The van der Waals surface area contributed by atoms with E-state index < -0.39 is 0 Å². The van der Waals surface area contributed by atoms with Crippen LogP contribution in [0.15, 0.2) is 167 Å². The van der Waals surface area contributed by atoms with Gasteiger partial charge in [0.2, 0.25) is 0 Å². The van der Waals surface area contributed by atoms with Crippen molar-refractivity contribution in [1.82, 2.24) is 0 Å². The first-order valence-electron chi connectivity index (χ1n) is 16.4. The van der Waals surface area contributed by atoms with Crippen LogP contribution in [0.1, 0.15) is 0 Å². The second kappa shape index (κ2) is 9.57. The van der Waals surface area contributed by atoms with Crippen molar-refractivity contribution in [2.75, 3.05) is 0 Å². The zero-order chi connectivity index (χ0) is 31.3. The van der Waals surface area contributed by atoms with Gasteiger partial charge in [0, 0.05) is 21.5 Å². The van der Waals surface area contributed by atoms with E-state index >= 15 is 0 Å². The summed E-state index contributed by atoms with van der Waals surface area (Å²) in [6.45, 7) is 0. The van der Waals surface area contributed by atoms with Gasteiger partial charge in [0.05, 0.1) is 0 Å². The lowest BCUT2D eigenvalue weighted by Gasteiger charge is -2.18. The average Bonchev–Trinajstić information content (AvgIpc) is 3.71. The van der Waals surface area contributed by atoms with Gasteiger partial charge in [-0.15, -0.1) is 0 Å². The molecule has 0 spiro atoms. The highest BCUT2D eigenvalue weighted by Crippen LogP contribution is 2.46. The number of rotatable bonds is 2. The van der Waals surface area contributed by atoms with Gasteiger partial charge in [-0.3, -0.25) is 0 Å². The Morgan fingerprint density at radius 2 is 0.729 bits per heavy atom. The van der Waals surface area contributed by atoms with Crippen molar-refractivity contribution in [2.24, 2.45) is 0 Å². The smallest absolute Gasteiger partial charge is 0.136 e. The fourth-order valence-electron chi connectivity index (χ4n) is 8.15. The van der Waals surface area contributed by atoms with Gasteiger partial charge in [-0.25, -0.2) is 0 Å². The number of hydrogen-bond acceptors (Lipinski definition) is 2. The van der Waals surface area contributed by atoms with Gasteiger partial charge in [-0.2, -0.15) is 0 Å². The van der Waals surface area contributed by atoms with Crippen LogP contribution in [0, 0.1) is 0 Å². The van der Waals surface area contributed by atoms with E-state index in [-0.39, 0.29) is 0 Å². The molecule has 11 rings (SSSR count). The van der Waals surface area contributed by atoms with E-state index in [0.29, 0.717) is 0 Å². The van der Waals surface area contributed by atoms with Gasteiger partial charge in [0.15, 0.2) is 0 Å². The molecule has 9 aromatic carbocycles. The van der Waals surface area contributed by atoms with Gasteiger partial charge in [0.1, 0.15) is 22.3 Å². The summed E-state index contributed by atoms with van der Waals surface area (Å²) in [6, 6.07) is 56.7. The molecule has 0 amide bonds. The third-order valence-corrected chi connectivity index (χ3v) is 10.2. The molecule has 0 aliphatic heterocycles. The lowest BCUT2D eigenvalue weighted by molar-refractivity contribution is 0.663. The van der Waals surface area contributed by atoms with Crippen molar-refractivity contribution < 1.29 is 8.83 Å². The molecule has 48 heavy (non-hydrogen) atoms. The second-order valence-corrected chi connectivity index (χ2v) is 12.8. The first-order chi connectivity index (χ1) is 23.8. The number of fused-ring (bicyclic) bond motifs is 12. The van der Waals surface area contributed by atoms with Crippen LogP contribution >= 0.6 is 0 Å². The molecule has 0 radical (unpaired) electrons. The van der Waals surface area contributed by atoms with Gasteiger partial charge in [-0.1, -0.05) is 121 Å². The largest absolute Gasteiger partial charge is 0.456 e. The monoisotopic (exact) mass is 610 g/mol. The number of hydrogen-bond donors (Lipinski definition) is 0. The normalized spacial score (nSPS) is 12.2. The van der Waals surface area contributed by atoms with Crippen molar-refractivity contribution in [1.29, 1.82) is 0 Å². The Hall–Kier alpha value is -6.38. The minimum absolute atomic E-state index is 0.870. The summed E-state index contributed by atoms with van der Waals surface area (Å²) in [6.07, 6.45) is 0. The van der Waals surface area contributed by atoms with Crippen LogP contribution in [-0.2, 0) is 0 Å². The van der Waals surface area contributed by atoms with Crippen LogP contribution in [0.4, 0.5) is 0 Å². The summed E-state index contributed by atoms with van der Waals surface area (Å²) in [7, 11) is 0. The Bertz CT molecular complexity index is 3060. The van der Waals surface area contributed by atoms with Crippen molar-refractivity contribution in [3.05, 3.63) is 158 Å². The van der Waals surface area contributed by atoms with Gasteiger partial charge < -0.3 is 8.83 Å². The van der Waals surface area contributed by atoms with E-state index in [1.165, 1.54) is 59.8 Å². The number of benzene rings is 9. The third-order valence-electron chi connectivity index (χ3n) is 10.2. The minimum Gasteiger partial charge on any atom is -0.456 e. The van der Waals surface area contributed by atoms with Gasteiger partial charge in [0.25, 0.3) is 0 Å². The molecule has 0 bridgehead atoms. The predicted molar refractivity (Wildman–Crippen MR) is 202 cm³/mol. The molecule has 0 saturated carbocycles. The summed E-state index contributed by atoms with van der Waals surface area (Å²) in [5.41, 5.74) is 8.36. The van der Waals surface area contributed by atoms with Crippen LogP contribution < -0.4 is 0 Å². The van der Waals surface area contributed by atoms with E-state index in [2.05, 4.69) is 133 Å². The van der Waals surface area contributed by atoms with Crippen LogP contribution in [0.2, 0.25) is 0 Å². The Morgan fingerprint density at radius 1 is 0.271 bits per heavy atom. The molecule has 2 heterocycles. The zero-order valence-electron chi connectivity index (χ0n) is 25.8. The molecule has 0 aliphatic carbocycles. The quantitative estimate of drug-likeness (QED) is 0.144. The molecule has 0 saturated heterocycles. The number of furan rings is 2. The molecule has 0 aliphatic rings. The van der Waals surface area contributed by atoms with Crippen LogP contribution in [0.25, 0.3) is 109 Å². The summed E-state index contributed by atoms with van der Waals surface area (Å²) < 4.78 is 12.8. The van der Waals surface area contributed by atoms with Crippen LogP contribution in [0.3, 0.4) is 0 Å². The van der Waals surface area contributed by atoms with Crippen LogP contribution in [-0.4, -0.2) is 0 Å². The molecule has 0 atom stereocenters. The van der Waals surface area contributed by atoms with Crippen molar-refractivity contribution in [3.8, 4) is 22.3 Å². The minimum atomic E-state index is 0.870. The first kappa shape index (κ1) is 25.8. The van der Waals surface area contributed by atoms with Crippen molar-refractivity contribution >= 4 is 87.0 Å². The predicted octanol–water partition coefficient (Wildman–Crippen LogP) is 13.4. The van der Waals surface area contributed by atoms with E-state index in [0.717, 1.165) is 49.4 Å². The Balaban J connectivity index is 1.19. The SMILES string of the molecule is c1ccc2c(c1)ccc1ccc(-c3c4ccccc4c(-c4ccc5c(c4)oc4ccc6oc7ccccc7c6c45)c4ccccc34)cc12. The molecular formula is C46H26O2. The fraction of sp³-hybridized carbons (Fsp3) is 0. The second-order valence-electron chi connectivity index (χ2n) is 12.8. The molecule has 2 nitrogen and oxygen atoms in total. The molecule has 0 N–H and O–H groups in total. The molecular weight excluding hydrogens is 585 g/mol. The van der Waals surface area contributed by atoms with E-state index in [1.54, 1.807) is 0 Å². The molecule has 222 valence electrons. The topological polar surface area (TPSA) is 26.3 Å². The Labute approximate surface area is 275 Å². The van der Waals surface area contributed by atoms with E-state index in [1.807, 2.05) is 24.3 Å². The highest BCUT2D eigenvalue weighted by molar-refractivity contribution is 6.27. The van der Waals surface area contributed by atoms with Gasteiger partial charge in [-0.05, 0) is 102 Å². The summed E-state index contributed by atoms with van der Waals surface area (Å²) in [5.74, 6) is 0. The molecule has 0 unspecified atom stereocenters. The summed E-state index contributed by atoms with van der Waals surface area (Å²) >= 11 is 0. The fourth-order valence-corrected chi connectivity index (χ4v) is 8.15. The van der Waals surface area contributed by atoms with E-state index in [4.69, 9.17) is 8.83 Å². The highest BCUT2D eigenvalue weighted by atomic mass is 16.3. The maximum Gasteiger partial charge on any atom is 0.136 e. The third kappa shape index (κ3) is 3.52. The number of para-hydroxylation sites is 1. The Morgan fingerprint density at radius 3 is 1.40 bits per heavy atom. The summed E-state index contributed by atoms with van der Waals surface area (Å²) in [4.78, 5) is 0. The summed E-state index contributed by atoms with van der Waals surface area (Å²) in [5, 5.41) is 14.4. The molecule has 2 heteroatoms. The molecule has 0 fully saturated rings. The van der Waals surface area contributed by atoms with Crippen molar-refractivity contribution in [2.45, 2.75) is 0 Å². The van der Waals surface area contributed by atoms with E-state index in [9.17, 15) is 0 Å². The van der Waals surface area contributed by atoms with Crippen LogP contribution in [0.5, 0.6) is 0 Å². The lowest BCUT2D eigenvalue weighted by Crippen LogP contribution is -1.91. The highest BCUT2D eigenvalue weighted by Gasteiger charge is 2.20. The standard InChI is InChI=1S/C46H26O2/c1-2-10-31-27(9-1)17-18-28-19-20-29(25-38(28)31)43-32-11-3-5-13-34(32)44(35-14-6-4-12-33(35)43)30-21-22-37-42(26-30)48-41-24-23-40-45(46(37)41)36-15-7-8-16-39(36)47-40/h1-26H. The zero-order valence-corrected chi connectivity index (χ0v) is 25.8. The van der Waals surface area contributed by atoms with Gasteiger partial charge >= 0.3 is 0 Å². The lowest BCUT2D eigenvalue weighted by atomic mass is 9.85. The van der Waals surface area contributed by atoms with Crippen molar-refractivity contribution in [3.63, 3.8) is 0 Å². The molecule has 2 aromatic heterocycles. The molecule has 11 aromatic rings. The Kier molecular flexibility index (Phi) is 5.14. The average molecular weight is 611 g/mol. The maximum atomic E-state index is 6.59. The first-order valence-corrected chi connectivity index (χ1v) is 16.4. The maximum absolute atomic E-state index is 6.59.